The zero-order valence-corrected chi connectivity index (χ0v) is 13.3. The van der Waals surface area contributed by atoms with E-state index in [2.05, 4.69) is 41.7 Å². The van der Waals surface area contributed by atoms with E-state index in [1.54, 1.807) is 4.68 Å². The predicted octanol–water partition coefficient (Wildman–Crippen LogP) is 1.47. The zero-order valence-electron chi connectivity index (χ0n) is 13.3. The van der Waals surface area contributed by atoms with Crippen molar-refractivity contribution in [2.24, 2.45) is 5.92 Å². The minimum atomic E-state index is 0.0296. The Bertz CT molecular complexity index is 457. The maximum absolute atomic E-state index is 12.1. The van der Waals surface area contributed by atoms with Crippen LogP contribution >= 0.6 is 0 Å². The number of carbonyl (C=O) groups is 1. The SMILES string of the molecule is CC(C)NCc1cn(CC(=O)NC2CCCCC2C)nn1. The van der Waals surface area contributed by atoms with E-state index in [9.17, 15) is 4.79 Å². The average molecular weight is 293 g/mol. The van der Waals surface area contributed by atoms with Crippen LogP contribution in [0.25, 0.3) is 0 Å². The van der Waals surface area contributed by atoms with E-state index in [1.165, 1.54) is 19.3 Å². The van der Waals surface area contributed by atoms with Crippen LogP contribution in [0.1, 0.15) is 52.1 Å². The lowest BCUT2D eigenvalue weighted by Crippen LogP contribution is -2.42. The van der Waals surface area contributed by atoms with Gasteiger partial charge in [0.25, 0.3) is 0 Å². The molecule has 21 heavy (non-hydrogen) atoms. The molecule has 1 amide bonds. The molecule has 0 aliphatic heterocycles. The van der Waals surface area contributed by atoms with Crippen LogP contribution in [0.4, 0.5) is 0 Å². The van der Waals surface area contributed by atoms with Crippen LogP contribution in [-0.4, -0.2) is 33.0 Å². The van der Waals surface area contributed by atoms with Gasteiger partial charge in [-0.3, -0.25) is 4.79 Å². The van der Waals surface area contributed by atoms with Gasteiger partial charge in [-0.2, -0.15) is 0 Å². The van der Waals surface area contributed by atoms with Crippen molar-refractivity contribution in [2.75, 3.05) is 0 Å². The first-order valence-electron chi connectivity index (χ1n) is 7.96. The second-order valence-corrected chi connectivity index (χ2v) is 6.38. The first-order valence-corrected chi connectivity index (χ1v) is 7.96. The minimum absolute atomic E-state index is 0.0296. The van der Waals surface area contributed by atoms with Gasteiger partial charge in [-0.15, -0.1) is 5.10 Å². The van der Waals surface area contributed by atoms with E-state index < -0.39 is 0 Å². The summed E-state index contributed by atoms with van der Waals surface area (Å²) in [6.07, 6.45) is 6.62. The number of aromatic nitrogens is 3. The molecule has 0 bridgehead atoms. The fourth-order valence-corrected chi connectivity index (χ4v) is 2.74. The van der Waals surface area contributed by atoms with Gasteiger partial charge in [0.2, 0.25) is 5.91 Å². The molecule has 1 heterocycles. The lowest BCUT2D eigenvalue weighted by molar-refractivity contribution is -0.123. The van der Waals surface area contributed by atoms with Gasteiger partial charge in [0, 0.05) is 18.6 Å². The van der Waals surface area contributed by atoms with Crippen molar-refractivity contribution in [3.63, 3.8) is 0 Å². The van der Waals surface area contributed by atoms with Crippen LogP contribution in [0.15, 0.2) is 6.20 Å². The Labute approximate surface area is 126 Å². The Balaban J connectivity index is 1.79. The number of rotatable bonds is 6. The van der Waals surface area contributed by atoms with Crippen molar-refractivity contribution in [1.29, 1.82) is 0 Å². The largest absolute Gasteiger partial charge is 0.351 e. The van der Waals surface area contributed by atoms with Gasteiger partial charge in [0.1, 0.15) is 6.54 Å². The Kier molecular flexibility index (Phi) is 5.73. The molecule has 1 aromatic heterocycles. The summed E-state index contributed by atoms with van der Waals surface area (Å²) in [4.78, 5) is 12.1. The maximum atomic E-state index is 12.1. The van der Waals surface area contributed by atoms with Gasteiger partial charge in [-0.1, -0.05) is 38.8 Å². The summed E-state index contributed by atoms with van der Waals surface area (Å²) in [5.41, 5.74) is 0.863. The van der Waals surface area contributed by atoms with Gasteiger partial charge in [-0.05, 0) is 18.8 Å². The molecule has 0 aromatic carbocycles. The molecule has 0 saturated heterocycles. The smallest absolute Gasteiger partial charge is 0.242 e. The number of hydrogen-bond donors (Lipinski definition) is 2. The van der Waals surface area contributed by atoms with Gasteiger partial charge < -0.3 is 10.6 Å². The van der Waals surface area contributed by atoms with Crippen molar-refractivity contribution >= 4 is 5.91 Å². The molecule has 1 aromatic rings. The van der Waals surface area contributed by atoms with Crippen LogP contribution < -0.4 is 10.6 Å². The van der Waals surface area contributed by atoms with Crippen LogP contribution in [0.2, 0.25) is 0 Å². The van der Waals surface area contributed by atoms with E-state index >= 15 is 0 Å². The number of carbonyl (C=O) groups excluding carboxylic acids is 1. The van der Waals surface area contributed by atoms with Crippen molar-refractivity contribution in [1.82, 2.24) is 25.6 Å². The summed E-state index contributed by atoms with van der Waals surface area (Å²) in [5, 5.41) is 14.5. The zero-order chi connectivity index (χ0) is 15.2. The average Bonchev–Trinajstić information content (AvgIpc) is 2.86. The number of hydrogen-bond acceptors (Lipinski definition) is 4. The van der Waals surface area contributed by atoms with Crippen LogP contribution in [0.3, 0.4) is 0 Å². The topological polar surface area (TPSA) is 71.8 Å². The van der Waals surface area contributed by atoms with Gasteiger partial charge in [0.15, 0.2) is 0 Å². The first-order chi connectivity index (χ1) is 10.0. The molecule has 6 heteroatoms. The fraction of sp³-hybridized carbons (Fsp3) is 0.800. The molecule has 2 N–H and O–H groups in total. The molecular formula is C15H27N5O. The number of amides is 1. The van der Waals surface area contributed by atoms with E-state index in [1.807, 2.05) is 6.20 Å². The molecule has 0 spiro atoms. The highest BCUT2D eigenvalue weighted by molar-refractivity contribution is 5.75. The standard InChI is InChI=1S/C15H27N5O/c1-11(2)16-8-13-9-20(19-18-13)10-15(21)17-14-7-5-4-6-12(14)3/h9,11-12,14,16H,4-8,10H2,1-3H3,(H,17,21). The van der Waals surface area contributed by atoms with E-state index in [4.69, 9.17) is 0 Å². The number of nitrogens with one attached hydrogen (secondary N) is 2. The van der Waals surface area contributed by atoms with Crippen molar-refractivity contribution in [2.45, 2.75) is 71.6 Å². The van der Waals surface area contributed by atoms with Crippen molar-refractivity contribution < 1.29 is 4.79 Å². The van der Waals surface area contributed by atoms with Gasteiger partial charge >= 0.3 is 0 Å². The molecule has 1 aliphatic carbocycles. The minimum Gasteiger partial charge on any atom is -0.351 e. The van der Waals surface area contributed by atoms with Crippen molar-refractivity contribution in [3.8, 4) is 0 Å². The maximum Gasteiger partial charge on any atom is 0.242 e. The summed E-state index contributed by atoms with van der Waals surface area (Å²) in [7, 11) is 0. The molecule has 2 rings (SSSR count). The lowest BCUT2D eigenvalue weighted by Gasteiger charge is -2.29. The first kappa shape index (κ1) is 15.9. The monoisotopic (exact) mass is 293 g/mol. The Morgan fingerprint density at radius 2 is 2.19 bits per heavy atom. The Morgan fingerprint density at radius 1 is 1.43 bits per heavy atom. The molecule has 1 aliphatic rings. The quantitative estimate of drug-likeness (QED) is 0.833. The third-order valence-electron chi connectivity index (χ3n) is 4.04. The van der Waals surface area contributed by atoms with Crippen molar-refractivity contribution in [3.05, 3.63) is 11.9 Å². The van der Waals surface area contributed by atoms with Crippen LogP contribution in [-0.2, 0) is 17.9 Å². The predicted molar refractivity (Wildman–Crippen MR) is 81.6 cm³/mol. The highest BCUT2D eigenvalue weighted by atomic mass is 16.2. The summed E-state index contributed by atoms with van der Waals surface area (Å²) in [6.45, 7) is 7.32. The lowest BCUT2D eigenvalue weighted by atomic mass is 9.86. The van der Waals surface area contributed by atoms with Crippen LogP contribution in [0.5, 0.6) is 0 Å². The van der Waals surface area contributed by atoms with E-state index in [-0.39, 0.29) is 12.5 Å². The number of nitrogens with zero attached hydrogens (tertiary/aromatic N) is 3. The summed E-state index contributed by atoms with van der Waals surface area (Å²) in [6, 6.07) is 0.725. The molecule has 1 saturated carbocycles. The Morgan fingerprint density at radius 3 is 2.90 bits per heavy atom. The van der Waals surface area contributed by atoms with E-state index in [0.717, 1.165) is 12.1 Å². The Hall–Kier alpha value is -1.43. The second kappa shape index (κ2) is 7.54. The summed E-state index contributed by atoms with van der Waals surface area (Å²) < 4.78 is 1.61. The molecule has 6 nitrogen and oxygen atoms in total. The van der Waals surface area contributed by atoms with E-state index in [0.29, 0.717) is 24.5 Å². The third kappa shape index (κ3) is 5.12. The van der Waals surface area contributed by atoms with Gasteiger partial charge in [-0.25, -0.2) is 4.68 Å². The third-order valence-corrected chi connectivity index (χ3v) is 4.04. The highest BCUT2D eigenvalue weighted by Gasteiger charge is 2.22. The second-order valence-electron chi connectivity index (χ2n) is 6.38. The molecule has 2 unspecified atom stereocenters. The van der Waals surface area contributed by atoms with Gasteiger partial charge in [0.05, 0.1) is 11.9 Å². The fourth-order valence-electron chi connectivity index (χ4n) is 2.74. The molecular weight excluding hydrogens is 266 g/mol. The normalized spacial score (nSPS) is 22.5. The van der Waals surface area contributed by atoms with Crippen LogP contribution in [0, 0.1) is 5.92 Å². The summed E-state index contributed by atoms with van der Waals surface area (Å²) >= 11 is 0. The molecule has 0 radical (unpaired) electrons. The molecule has 2 atom stereocenters. The highest BCUT2D eigenvalue weighted by Crippen LogP contribution is 2.23. The molecule has 118 valence electrons. The molecule has 1 fully saturated rings. The summed E-state index contributed by atoms with van der Waals surface area (Å²) in [5.74, 6) is 0.603.